The zero-order valence-corrected chi connectivity index (χ0v) is 18.5. The first-order valence-corrected chi connectivity index (χ1v) is 11.6. The minimum atomic E-state index is 0.200. The van der Waals surface area contributed by atoms with E-state index in [1.165, 1.54) is 31.2 Å². The van der Waals surface area contributed by atoms with Gasteiger partial charge < -0.3 is 19.9 Å². The molecule has 2 N–H and O–H groups in total. The number of benzene rings is 1. The second-order valence-corrected chi connectivity index (χ2v) is 8.18. The molecule has 2 aliphatic rings. The topological polar surface area (TPSA) is 76.4 Å². The quantitative estimate of drug-likeness (QED) is 0.385. The lowest BCUT2D eigenvalue weighted by Crippen LogP contribution is -2.42. The number of hydrogen-bond donors (Lipinski definition) is 2. The number of aliphatic imine (C=N–C) groups is 1. The number of allylic oxidation sites excluding steroid dienone is 1. The summed E-state index contributed by atoms with van der Waals surface area (Å²) < 4.78 is 7.92. The molecule has 0 bridgehead atoms. The van der Waals surface area contributed by atoms with Crippen molar-refractivity contribution in [3.8, 4) is 5.75 Å². The van der Waals surface area contributed by atoms with E-state index >= 15 is 0 Å². The van der Waals surface area contributed by atoms with Gasteiger partial charge in [0.1, 0.15) is 17.9 Å². The molecule has 0 saturated carbocycles. The molecule has 7 nitrogen and oxygen atoms in total. The molecule has 1 unspecified atom stereocenters. The summed E-state index contributed by atoms with van der Waals surface area (Å²) in [5.41, 5.74) is 2.76. The number of rotatable bonds is 8. The van der Waals surface area contributed by atoms with Gasteiger partial charge in [-0.25, -0.2) is 0 Å². The number of fused-ring (bicyclic) bond motifs is 1. The maximum Gasteiger partial charge on any atom is 0.191 e. The third-order valence-electron chi connectivity index (χ3n) is 6.01. The van der Waals surface area contributed by atoms with Crippen LogP contribution in [0.25, 0.3) is 0 Å². The highest BCUT2D eigenvalue weighted by Crippen LogP contribution is 2.31. The van der Waals surface area contributed by atoms with E-state index < -0.39 is 0 Å². The van der Waals surface area contributed by atoms with E-state index in [0.29, 0.717) is 0 Å². The van der Waals surface area contributed by atoms with Gasteiger partial charge in [0.25, 0.3) is 0 Å². The van der Waals surface area contributed by atoms with Gasteiger partial charge in [0.2, 0.25) is 0 Å². The number of nitrogens with one attached hydrogen (secondary N) is 2. The highest BCUT2D eigenvalue weighted by molar-refractivity contribution is 5.80. The number of ether oxygens (including phenoxy) is 1. The monoisotopic (exact) mass is 422 g/mol. The number of nitrogens with zero attached hydrogens (tertiary/aromatic N) is 4. The predicted molar refractivity (Wildman–Crippen MR) is 123 cm³/mol. The van der Waals surface area contributed by atoms with Crippen molar-refractivity contribution >= 4 is 5.96 Å². The summed E-state index contributed by atoms with van der Waals surface area (Å²) in [5, 5.41) is 15.4. The molecule has 166 valence electrons. The first-order chi connectivity index (χ1) is 15.3. The van der Waals surface area contributed by atoms with Crippen LogP contribution in [0.1, 0.15) is 62.9 Å². The number of aryl methyl sites for hydroxylation is 1. The lowest BCUT2D eigenvalue weighted by atomic mass is 9.97. The molecule has 0 spiro atoms. The Kier molecular flexibility index (Phi) is 7.58. The maximum atomic E-state index is 5.83. The van der Waals surface area contributed by atoms with E-state index in [-0.39, 0.29) is 6.04 Å². The highest BCUT2D eigenvalue weighted by atomic mass is 16.5. The van der Waals surface area contributed by atoms with Crippen LogP contribution in [0.2, 0.25) is 0 Å². The van der Waals surface area contributed by atoms with Gasteiger partial charge in [0.15, 0.2) is 5.96 Å². The minimum Gasteiger partial charge on any atom is -0.493 e. The van der Waals surface area contributed by atoms with Crippen LogP contribution in [0.4, 0.5) is 0 Å². The van der Waals surface area contributed by atoms with Crippen LogP contribution in [-0.4, -0.2) is 40.4 Å². The molecule has 1 aromatic heterocycles. The Labute approximate surface area is 185 Å². The molecule has 1 atom stereocenters. The Hall–Kier alpha value is -2.83. The second kappa shape index (κ2) is 11.0. The van der Waals surface area contributed by atoms with Gasteiger partial charge >= 0.3 is 0 Å². The summed E-state index contributed by atoms with van der Waals surface area (Å²) in [4.78, 5) is 4.92. The largest absolute Gasteiger partial charge is 0.493 e. The summed E-state index contributed by atoms with van der Waals surface area (Å²) in [5.74, 6) is 2.84. The van der Waals surface area contributed by atoms with Gasteiger partial charge in [-0.05, 0) is 38.2 Å². The first-order valence-electron chi connectivity index (χ1n) is 11.6. The zero-order valence-electron chi connectivity index (χ0n) is 18.5. The molecular formula is C24H34N6O. The predicted octanol–water partition coefficient (Wildman–Crippen LogP) is 3.79. The summed E-state index contributed by atoms with van der Waals surface area (Å²) in [6, 6.07) is 8.48. The number of aromatic nitrogens is 3. The average molecular weight is 423 g/mol. The van der Waals surface area contributed by atoms with E-state index in [2.05, 4.69) is 50.5 Å². The van der Waals surface area contributed by atoms with Gasteiger partial charge in [0.05, 0.1) is 12.6 Å². The van der Waals surface area contributed by atoms with Crippen molar-refractivity contribution in [1.82, 2.24) is 25.4 Å². The number of hydrogen-bond acceptors (Lipinski definition) is 4. The summed E-state index contributed by atoms with van der Waals surface area (Å²) in [6.07, 6.45) is 12.2. The van der Waals surface area contributed by atoms with Crippen LogP contribution in [0.3, 0.4) is 0 Å². The Morgan fingerprint density at radius 1 is 1.29 bits per heavy atom. The average Bonchev–Trinajstić information content (AvgIpc) is 3.27. The van der Waals surface area contributed by atoms with E-state index in [1.54, 1.807) is 11.9 Å². The Morgan fingerprint density at radius 2 is 2.23 bits per heavy atom. The van der Waals surface area contributed by atoms with Crippen LogP contribution in [0, 0.1) is 0 Å². The van der Waals surface area contributed by atoms with Crippen LogP contribution < -0.4 is 15.4 Å². The number of guanidine groups is 1. The van der Waals surface area contributed by atoms with Crippen molar-refractivity contribution in [2.24, 2.45) is 4.99 Å². The smallest absolute Gasteiger partial charge is 0.191 e. The molecule has 0 radical (unpaired) electrons. The van der Waals surface area contributed by atoms with Crippen LogP contribution in [0.5, 0.6) is 5.75 Å². The lowest BCUT2D eigenvalue weighted by Gasteiger charge is -2.28. The van der Waals surface area contributed by atoms with Crippen LogP contribution >= 0.6 is 0 Å². The highest BCUT2D eigenvalue weighted by Gasteiger charge is 2.22. The summed E-state index contributed by atoms with van der Waals surface area (Å²) in [6.45, 7) is 5.20. The molecule has 2 heterocycles. The Morgan fingerprint density at radius 3 is 3.10 bits per heavy atom. The summed E-state index contributed by atoms with van der Waals surface area (Å²) >= 11 is 0. The molecular weight excluding hydrogens is 388 g/mol. The zero-order chi connectivity index (χ0) is 21.3. The lowest BCUT2D eigenvalue weighted by molar-refractivity contribution is 0.261. The molecule has 0 amide bonds. The molecule has 0 fully saturated rings. The van der Waals surface area contributed by atoms with Crippen LogP contribution in [0.15, 0.2) is 47.2 Å². The van der Waals surface area contributed by atoms with Gasteiger partial charge in [-0.2, -0.15) is 0 Å². The summed E-state index contributed by atoms with van der Waals surface area (Å²) in [7, 11) is 0. The molecule has 2 aromatic rings. The second-order valence-electron chi connectivity index (χ2n) is 8.18. The van der Waals surface area contributed by atoms with E-state index in [4.69, 9.17) is 9.73 Å². The standard InChI is InChI=1S/C24H34N6O/c1-2-23-29-27-18-30(23)16-15-26-24(25-14-12-19-8-4-3-5-9-19)28-21-13-17-31-22-11-7-6-10-20(21)22/h6-8,10-11,18,21H,2-5,9,12-17H2,1H3,(H2,25,26,28). The molecule has 31 heavy (non-hydrogen) atoms. The molecule has 1 aliphatic heterocycles. The molecule has 7 heteroatoms. The molecule has 1 aliphatic carbocycles. The van der Waals surface area contributed by atoms with Gasteiger partial charge in [-0.15, -0.1) is 10.2 Å². The van der Waals surface area contributed by atoms with Crippen molar-refractivity contribution in [2.75, 3.05) is 19.7 Å². The van der Waals surface area contributed by atoms with Crippen LogP contribution in [-0.2, 0) is 13.0 Å². The van der Waals surface area contributed by atoms with E-state index in [9.17, 15) is 0 Å². The molecule has 1 aromatic carbocycles. The normalized spacial score (nSPS) is 18.7. The van der Waals surface area contributed by atoms with Gasteiger partial charge in [-0.1, -0.05) is 36.8 Å². The van der Waals surface area contributed by atoms with Crippen molar-refractivity contribution in [3.63, 3.8) is 0 Å². The fraction of sp³-hybridized carbons (Fsp3) is 0.542. The fourth-order valence-corrected chi connectivity index (χ4v) is 4.29. The van der Waals surface area contributed by atoms with E-state index in [1.807, 2.05) is 12.1 Å². The van der Waals surface area contributed by atoms with E-state index in [0.717, 1.165) is 63.0 Å². The van der Waals surface area contributed by atoms with Crippen molar-refractivity contribution in [2.45, 2.75) is 64.5 Å². The minimum absolute atomic E-state index is 0.200. The number of para-hydroxylation sites is 1. The van der Waals surface area contributed by atoms with Crippen molar-refractivity contribution in [3.05, 3.63) is 53.6 Å². The van der Waals surface area contributed by atoms with Gasteiger partial charge in [0, 0.05) is 38.0 Å². The first kappa shape index (κ1) is 21.4. The maximum absolute atomic E-state index is 5.83. The molecule has 4 rings (SSSR count). The van der Waals surface area contributed by atoms with Gasteiger partial charge in [-0.3, -0.25) is 4.99 Å². The third kappa shape index (κ3) is 5.87. The molecule has 0 saturated heterocycles. The Bertz CT molecular complexity index is 903. The third-order valence-corrected chi connectivity index (χ3v) is 6.01. The van der Waals surface area contributed by atoms with Crippen molar-refractivity contribution in [1.29, 1.82) is 0 Å². The van der Waals surface area contributed by atoms with Crippen molar-refractivity contribution < 1.29 is 4.74 Å². The Balaban J connectivity index is 1.40. The SMILES string of the molecule is CCc1nncn1CCNC(=NCCC1=CCCCC1)NC1CCOc2ccccc21. The fourth-order valence-electron chi connectivity index (χ4n) is 4.29.